The second-order valence-corrected chi connectivity index (χ2v) is 9.18. The summed E-state index contributed by atoms with van der Waals surface area (Å²) in [7, 11) is 0. The van der Waals surface area contributed by atoms with Gasteiger partial charge < -0.3 is 14.7 Å². The van der Waals surface area contributed by atoms with Gasteiger partial charge >= 0.3 is 0 Å². The molecule has 1 aromatic rings. The molecule has 1 unspecified atom stereocenters. The molecule has 1 aromatic heterocycles. The van der Waals surface area contributed by atoms with Gasteiger partial charge in [0.15, 0.2) is 0 Å². The number of hydrogen-bond donors (Lipinski definition) is 2. The third-order valence-corrected chi connectivity index (χ3v) is 6.03. The normalized spacial score (nSPS) is 17.4. The van der Waals surface area contributed by atoms with E-state index in [0.717, 1.165) is 43.1 Å². The molecule has 0 saturated carbocycles. The molecule has 2 N–H and O–H groups in total. The first-order valence-corrected chi connectivity index (χ1v) is 11.3. The van der Waals surface area contributed by atoms with Crippen LogP contribution in [0.3, 0.4) is 0 Å². The molecule has 2 rings (SSSR count). The van der Waals surface area contributed by atoms with E-state index >= 15 is 0 Å². The van der Waals surface area contributed by atoms with Gasteiger partial charge in [0, 0.05) is 47.5 Å². The van der Waals surface area contributed by atoms with Crippen LogP contribution in [0.1, 0.15) is 36.4 Å². The fraction of sp³-hybridized carbons (Fsp3) is 0.500. The zero-order chi connectivity index (χ0) is 22.1. The first-order valence-electron chi connectivity index (χ1n) is 10.1. The maximum atomic E-state index is 14.5. The van der Waals surface area contributed by atoms with Gasteiger partial charge in [-0.05, 0) is 57.7 Å². The molecule has 1 saturated heterocycles. The zero-order valence-electron chi connectivity index (χ0n) is 17.8. The van der Waals surface area contributed by atoms with Gasteiger partial charge in [0.1, 0.15) is 5.17 Å². The molecule has 1 fully saturated rings. The molecular weight excluding hydrogens is 425 g/mol. The lowest BCUT2D eigenvalue weighted by atomic mass is 9.99. The van der Waals surface area contributed by atoms with E-state index in [4.69, 9.17) is 21.7 Å². The summed E-state index contributed by atoms with van der Waals surface area (Å²) in [6, 6.07) is 4.04. The van der Waals surface area contributed by atoms with Crippen LogP contribution < -0.4 is 0 Å². The van der Waals surface area contributed by atoms with Crippen LogP contribution in [0.2, 0.25) is 0 Å². The van der Waals surface area contributed by atoms with Crippen molar-refractivity contribution in [2.45, 2.75) is 39.7 Å². The van der Waals surface area contributed by atoms with Crippen molar-refractivity contribution in [3.8, 4) is 0 Å². The molecule has 0 amide bonds. The van der Waals surface area contributed by atoms with Crippen molar-refractivity contribution < 1.29 is 14.3 Å². The van der Waals surface area contributed by atoms with Gasteiger partial charge in [-0.3, -0.25) is 5.41 Å². The van der Waals surface area contributed by atoms with E-state index in [0.29, 0.717) is 16.7 Å². The van der Waals surface area contributed by atoms with Gasteiger partial charge in [0.05, 0.1) is 18.3 Å². The van der Waals surface area contributed by atoms with Crippen LogP contribution in [0.5, 0.6) is 0 Å². The Morgan fingerprint density at radius 1 is 1.40 bits per heavy atom. The molecule has 2 heterocycles. The minimum absolute atomic E-state index is 0.000362. The topological polar surface area (TPSA) is 59.8 Å². The molecule has 0 radical (unpaired) electrons. The smallest absolute Gasteiger partial charge is 0.120 e. The molecule has 1 aliphatic rings. The number of thiophene rings is 1. The number of allylic oxidation sites excluding steroid dienone is 2. The third kappa shape index (κ3) is 8.22. The summed E-state index contributed by atoms with van der Waals surface area (Å²) in [5, 5.41) is 18.0. The lowest BCUT2D eigenvalue weighted by molar-refractivity contribution is 0.0595. The van der Waals surface area contributed by atoms with Crippen LogP contribution in [0.4, 0.5) is 4.48 Å². The number of nitrogens with zero attached hydrogens (tertiary/aromatic N) is 2. The van der Waals surface area contributed by atoms with Crippen molar-refractivity contribution >= 4 is 33.7 Å². The van der Waals surface area contributed by atoms with Crippen LogP contribution in [-0.2, 0) is 4.74 Å². The Morgan fingerprint density at radius 3 is 2.67 bits per heavy atom. The molecule has 0 bridgehead atoms. The Kier molecular flexibility index (Phi) is 10.0. The first kappa shape index (κ1) is 24.6. The molecule has 0 aromatic carbocycles. The molecule has 8 heteroatoms. The fourth-order valence-corrected chi connectivity index (χ4v) is 4.26. The molecule has 1 aliphatic heterocycles. The molecule has 166 valence electrons. The number of aryl methyl sites for hydroxylation is 1. The molecular formula is C22H31ClFN3O2S. The van der Waals surface area contributed by atoms with E-state index in [-0.39, 0.29) is 11.7 Å². The molecule has 5 nitrogen and oxygen atoms in total. The fourth-order valence-electron chi connectivity index (χ4n) is 3.21. The number of ether oxygens (including phenoxy) is 1. The second kappa shape index (κ2) is 12.2. The number of halogens is 2. The number of aliphatic hydroxyl groups is 1. The van der Waals surface area contributed by atoms with E-state index in [1.807, 2.05) is 30.2 Å². The molecule has 1 atom stereocenters. The summed E-state index contributed by atoms with van der Waals surface area (Å²) in [5.41, 5.74) is 1.24. The highest BCUT2D eigenvalue weighted by Crippen LogP contribution is 2.28. The largest absolute Gasteiger partial charge is 0.389 e. The summed E-state index contributed by atoms with van der Waals surface area (Å²) in [4.78, 5) is 4.15. The van der Waals surface area contributed by atoms with Crippen molar-refractivity contribution in [2.75, 3.05) is 26.3 Å². The van der Waals surface area contributed by atoms with Crippen LogP contribution in [0.15, 0.2) is 42.4 Å². The van der Waals surface area contributed by atoms with Crippen molar-refractivity contribution in [2.24, 2.45) is 5.92 Å². The van der Waals surface area contributed by atoms with E-state index in [1.54, 1.807) is 31.4 Å². The van der Waals surface area contributed by atoms with Crippen molar-refractivity contribution in [1.82, 2.24) is 10.0 Å². The van der Waals surface area contributed by atoms with Gasteiger partial charge in [0.25, 0.3) is 0 Å². The molecule has 0 aliphatic carbocycles. The van der Waals surface area contributed by atoms with Gasteiger partial charge in [-0.25, -0.2) is 5.12 Å². The minimum atomic E-state index is -0.645. The summed E-state index contributed by atoms with van der Waals surface area (Å²) in [5.74, 6) is 0.434. The Balaban J connectivity index is 2.26. The summed E-state index contributed by atoms with van der Waals surface area (Å²) >= 11 is 7.10. The van der Waals surface area contributed by atoms with Crippen molar-refractivity contribution in [1.29, 1.82) is 5.41 Å². The Bertz CT molecular complexity index is 785. The first-order chi connectivity index (χ1) is 14.3. The van der Waals surface area contributed by atoms with E-state index in [1.165, 1.54) is 17.0 Å². The number of hydrogen-bond acceptors (Lipinski definition) is 6. The van der Waals surface area contributed by atoms with Gasteiger partial charge in [-0.2, -0.15) is 0 Å². The number of rotatable bonds is 10. The predicted octanol–water partition coefficient (Wildman–Crippen LogP) is 5.33. The Labute approximate surface area is 187 Å². The van der Waals surface area contributed by atoms with Gasteiger partial charge in [-0.15, -0.1) is 11.3 Å². The number of nitrogens with one attached hydrogen (secondary N) is 1. The van der Waals surface area contributed by atoms with Crippen LogP contribution in [-0.4, -0.2) is 52.7 Å². The maximum absolute atomic E-state index is 14.5. The summed E-state index contributed by atoms with van der Waals surface area (Å²) < 4.78 is 20.0. The highest BCUT2D eigenvalue weighted by Gasteiger charge is 2.18. The summed E-state index contributed by atoms with van der Waals surface area (Å²) in [6.45, 7) is 7.68. The molecule has 0 spiro atoms. The average molecular weight is 456 g/mol. The van der Waals surface area contributed by atoms with Crippen LogP contribution >= 0.6 is 22.9 Å². The second-order valence-electron chi connectivity index (χ2n) is 7.49. The van der Waals surface area contributed by atoms with Gasteiger partial charge in [-0.1, -0.05) is 22.2 Å². The van der Waals surface area contributed by atoms with Gasteiger partial charge in [0.2, 0.25) is 0 Å². The highest BCUT2D eigenvalue weighted by atomic mass is 35.5. The molecule has 30 heavy (non-hydrogen) atoms. The van der Waals surface area contributed by atoms with E-state index in [9.17, 15) is 9.59 Å². The lowest BCUT2D eigenvalue weighted by Gasteiger charge is -2.29. The van der Waals surface area contributed by atoms with Crippen molar-refractivity contribution in [3.05, 3.63) is 52.1 Å². The Hall–Kier alpha value is -1.67. The average Bonchev–Trinajstić information content (AvgIpc) is 3.11. The monoisotopic (exact) mass is 455 g/mol. The van der Waals surface area contributed by atoms with Crippen LogP contribution in [0.25, 0.3) is 5.57 Å². The quantitative estimate of drug-likeness (QED) is 0.370. The van der Waals surface area contributed by atoms with Crippen LogP contribution in [0, 0.1) is 18.3 Å². The van der Waals surface area contributed by atoms with Crippen molar-refractivity contribution in [3.63, 3.8) is 0 Å². The van der Waals surface area contributed by atoms with E-state index < -0.39 is 6.10 Å². The predicted molar refractivity (Wildman–Crippen MR) is 123 cm³/mol. The Morgan fingerprint density at radius 2 is 2.10 bits per heavy atom. The summed E-state index contributed by atoms with van der Waals surface area (Å²) in [6.07, 6.45) is 7.81. The standard InChI is InChI=1S/C22H31ClFN3O2S/c1-16(27(24)10-4-5-22(23)25)13-26(14-19-8-11-29-12-9-19)15-20(18(3)28)21-7-6-17(2)30-21/h4-7,13,15,18-19,25,28H,8-12,14H2,1-3H3/b5-4-,16-13+,20-15+,25-22?. The van der Waals surface area contributed by atoms with E-state index in [2.05, 4.69) is 0 Å². The maximum Gasteiger partial charge on any atom is 0.120 e. The third-order valence-electron chi connectivity index (χ3n) is 4.86. The zero-order valence-corrected chi connectivity index (χ0v) is 19.3. The highest BCUT2D eigenvalue weighted by molar-refractivity contribution is 7.13. The minimum Gasteiger partial charge on any atom is -0.389 e. The lowest BCUT2D eigenvalue weighted by Crippen LogP contribution is -2.27. The SMILES string of the molecule is C/C(=C\N(/C=C(/c1ccc(C)s1)C(C)O)CC1CCOCC1)N(F)C/C=C\C(=N)Cl. The number of aliphatic hydroxyl groups excluding tert-OH is 1.